The summed E-state index contributed by atoms with van der Waals surface area (Å²) in [7, 11) is 0. The molecule has 0 spiro atoms. The highest BCUT2D eigenvalue weighted by molar-refractivity contribution is 6.32. The van der Waals surface area contributed by atoms with Gasteiger partial charge in [-0.05, 0) is 35.7 Å². The van der Waals surface area contributed by atoms with Crippen LogP contribution in [-0.2, 0) is 0 Å². The van der Waals surface area contributed by atoms with E-state index in [0.29, 0.717) is 0 Å². The fourth-order valence-electron chi connectivity index (χ4n) is 5.21. The normalized spacial score (nSPS) is 12.5. The average molecular weight is 398 g/mol. The molecule has 0 aliphatic heterocycles. The zero-order valence-electron chi connectivity index (χ0n) is 16.3. The van der Waals surface area contributed by atoms with Crippen molar-refractivity contribution in [3.63, 3.8) is 0 Å². The average Bonchev–Trinajstić information content (AvgIpc) is 3.53. The molecule has 31 heavy (non-hydrogen) atoms. The standard InChI is InChI=1S/C27H14N2O2/c1-2-6-17-15(5-1)16-9-10-22-25(26(16)29-14-13-28-27(17)29)24-21(31-22)12-11-20-23(24)18-7-3-4-8-19(18)30-20/h1-14H. The number of hydrogen-bond acceptors (Lipinski definition) is 3. The number of nitrogens with zero attached hydrogens (tertiary/aromatic N) is 2. The van der Waals surface area contributed by atoms with Crippen LogP contribution in [0.3, 0.4) is 0 Å². The monoisotopic (exact) mass is 398 g/mol. The van der Waals surface area contributed by atoms with Crippen LogP contribution in [0.4, 0.5) is 0 Å². The van der Waals surface area contributed by atoms with Crippen LogP contribution in [0.5, 0.6) is 0 Å². The van der Waals surface area contributed by atoms with E-state index < -0.39 is 0 Å². The molecule has 0 aliphatic rings. The van der Waals surface area contributed by atoms with Gasteiger partial charge in [0.15, 0.2) is 0 Å². The number of fused-ring (bicyclic) bond motifs is 14. The molecule has 0 atom stereocenters. The van der Waals surface area contributed by atoms with Gasteiger partial charge in [-0.15, -0.1) is 0 Å². The molecule has 4 aromatic carbocycles. The largest absolute Gasteiger partial charge is 0.456 e. The van der Waals surface area contributed by atoms with E-state index in [4.69, 9.17) is 8.83 Å². The molecule has 4 heteroatoms. The van der Waals surface area contributed by atoms with E-state index in [-0.39, 0.29) is 0 Å². The number of pyridine rings is 1. The van der Waals surface area contributed by atoms with Crippen molar-refractivity contribution in [1.82, 2.24) is 9.38 Å². The molecule has 4 aromatic heterocycles. The van der Waals surface area contributed by atoms with Crippen molar-refractivity contribution in [2.75, 3.05) is 0 Å². The van der Waals surface area contributed by atoms with Crippen molar-refractivity contribution in [3.8, 4) is 0 Å². The van der Waals surface area contributed by atoms with Crippen LogP contribution in [-0.4, -0.2) is 9.38 Å². The fraction of sp³-hybridized carbons (Fsp3) is 0. The number of imidazole rings is 1. The molecule has 144 valence electrons. The fourth-order valence-corrected chi connectivity index (χ4v) is 5.21. The Hall–Kier alpha value is -4.31. The summed E-state index contributed by atoms with van der Waals surface area (Å²) in [5.41, 5.74) is 5.55. The predicted molar refractivity (Wildman–Crippen MR) is 125 cm³/mol. The second-order valence-corrected chi connectivity index (χ2v) is 8.01. The minimum absolute atomic E-state index is 0.864. The molecule has 0 N–H and O–H groups in total. The Morgan fingerprint density at radius 3 is 2.13 bits per heavy atom. The number of rotatable bonds is 0. The summed E-state index contributed by atoms with van der Waals surface area (Å²) in [6, 6.07) is 24.9. The number of benzene rings is 4. The Bertz CT molecular complexity index is 2000. The lowest BCUT2D eigenvalue weighted by atomic mass is 10.0. The van der Waals surface area contributed by atoms with Crippen LogP contribution in [0.15, 0.2) is 94.0 Å². The SMILES string of the molecule is c1ccc2c(c1)oc1ccc3oc4ccc5c6ccccc6c6nccn6c5c4c3c12. The quantitative estimate of drug-likeness (QED) is 0.249. The molecule has 0 bridgehead atoms. The minimum Gasteiger partial charge on any atom is -0.456 e. The van der Waals surface area contributed by atoms with Crippen molar-refractivity contribution < 1.29 is 8.83 Å². The van der Waals surface area contributed by atoms with Gasteiger partial charge in [0, 0.05) is 39.3 Å². The Morgan fingerprint density at radius 2 is 1.23 bits per heavy atom. The summed E-state index contributed by atoms with van der Waals surface area (Å²) in [5, 5.41) is 7.90. The van der Waals surface area contributed by atoms with Gasteiger partial charge >= 0.3 is 0 Å². The maximum atomic E-state index is 6.35. The first-order chi connectivity index (χ1) is 15.4. The Labute approximate surface area is 174 Å². The predicted octanol–water partition coefficient (Wildman–Crippen LogP) is 7.44. The van der Waals surface area contributed by atoms with Gasteiger partial charge < -0.3 is 8.83 Å². The van der Waals surface area contributed by atoms with Crippen LogP contribution in [0.1, 0.15) is 0 Å². The Kier molecular flexibility index (Phi) is 2.62. The van der Waals surface area contributed by atoms with E-state index in [1.165, 1.54) is 10.8 Å². The van der Waals surface area contributed by atoms with Gasteiger partial charge in [-0.1, -0.05) is 42.5 Å². The van der Waals surface area contributed by atoms with Crippen LogP contribution >= 0.6 is 0 Å². The highest BCUT2D eigenvalue weighted by Gasteiger charge is 2.20. The lowest BCUT2D eigenvalue weighted by Crippen LogP contribution is -1.91. The first kappa shape index (κ1) is 15.5. The first-order valence-electron chi connectivity index (χ1n) is 10.3. The van der Waals surface area contributed by atoms with Gasteiger partial charge in [-0.2, -0.15) is 0 Å². The third-order valence-corrected chi connectivity index (χ3v) is 6.45. The van der Waals surface area contributed by atoms with Gasteiger partial charge in [0.2, 0.25) is 0 Å². The number of aromatic nitrogens is 2. The number of hydrogen-bond donors (Lipinski definition) is 0. The summed E-state index contributed by atoms with van der Waals surface area (Å²) >= 11 is 0. The third kappa shape index (κ3) is 1.79. The van der Waals surface area contributed by atoms with Crippen LogP contribution < -0.4 is 0 Å². The molecule has 4 heterocycles. The molecule has 4 nitrogen and oxygen atoms in total. The van der Waals surface area contributed by atoms with Gasteiger partial charge in [-0.25, -0.2) is 4.98 Å². The van der Waals surface area contributed by atoms with Crippen LogP contribution in [0, 0.1) is 0 Å². The minimum atomic E-state index is 0.864. The topological polar surface area (TPSA) is 43.6 Å². The second kappa shape index (κ2) is 5.24. The van der Waals surface area contributed by atoms with Gasteiger partial charge in [0.1, 0.15) is 28.0 Å². The summed E-state index contributed by atoms with van der Waals surface area (Å²) in [5.74, 6) is 0. The maximum absolute atomic E-state index is 6.35. The van der Waals surface area contributed by atoms with E-state index in [2.05, 4.69) is 57.9 Å². The molecule has 0 aliphatic carbocycles. The number of furan rings is 2. The summed E-state index contributed by atoms with van der Waals surface area (Å²) in [6.07, 6.45) is 3.90. The van der Waals surface area contributed by atoms with Gasteiger partial charge in [-0.3, -0.25) is 4.40 Å². The van der Waals surface area contributed by atoms with Crippen LogP contribution in [0.25, 0.3) is 71.2 Å². The van der Waals surface area contributed by atoms with E-state index in [1.54, 1.807) is 0 Å². The molecule has 0 radical (unpaired) electrons. The molecular weight excluding hydrogens is 384 g/mol. The molecule has 0 fully saturated rings. The lowest BCUT2D eigenvalue weighted by Gasteiger charge is -2.09. The zero-order chi connectivity index (χ0) is 20.1. The molecule has 8 rings (SSSR count). The molecule has 0 unspecified atom stereocenters. The second-order valence-electron chi connectivity index (χ2n) is 8.01. The summed E-state index contributed by atoms with van der Waals surface area (Å²) in [4.78, 5) is 4.68. The molecule has 0 saturated carbocycles. The Morgan fingerprint density at radius 1 is 0.548 bits per heavy atom. The van der Waals surface area contributed by atoms with Crippen molar-refractivity contribution in [3.05, 3.63) is 85.2 Å². The molecule has 8 aromatic rings. The van der Waals surface area contributed by atoms with Gasteiger partial charge in [0.25, 0.3) is 0 Å². The third-order valence-electron chi connectivity index (χ3n) is 6.45. The first-order valence-corrected chi connectivity index (χ1v) is 10.3. The molecule has 0 amide bonds. The highest BCUT2D eigenvalue weighted by atomic mass is 16.3. The van der Waals surface area contributed by atoms with E-state index >= 15 is 0 Å². The van der Waals surface area contributed by atoms with Crippen molar-refractivity contribution in [2.24, 2.45) is 0 Å². The van der Waals surface area contributed by atoms with Crippen LogP contribution in [0.2, 0.25) is 0 Å². The Balaban J connectivity index is 1.77. The van der Waals surface area contributed by atoms with E-state index in [1.807, 2.05) is 36.7 Å². The molecular formula is C27H14N2O2. The van der Waals surface area contributed by atoms with Gasteiger partial charge in [0.05, 0.1) is 10.9 Å². The number of para-hydroxylation sites is 1. The summed E-state index contributed by atoms with van der Waals surface area (Å²) < 4.78 is 14.7. The van der Waals surface area contributed by atoms with Crippen molar-refractivity contribution in [2.45, 2.75) is 0 Å². The van der Waals surface area contributed by atoms with Crippen molar-refractivity contribution >= 4 is 71.2 Å². The smallest absolute Gasteiger partial charge is 0.145 e. The maximum Gasteiger partial charge on any atom is 0.145 e. The zero-order valence-corrected chi connectivity index (χ0v) is 16.3. The molecule has 0 saturated heterocycles. The van der Waals surface area contributed by atoms with E-state index in [9.17, 15) is 0 Å². The highest BCUT2D eigenvalue weighted by Crippen LogP contribution is 2.43. The van der Waals surface area contributed by atoms with Crippen molar-refractivity contribution in [1.29, 1.82) is 0 Å². The van der Waals surface area contributed by atoms with E-state index in [0.717, 1.165) is 60.4 Å². The lowest BCUT2D eigenvalue weighted by molar-refractivity contribution is 0.663. The summed E-state index contributed by atoms with van der Waals surface area (Å²) in [6.45, 7) is 0.